The minimum atomic E-state index is -1.83. The lowest BCUT2D eigenvalue weighted by molar-refractivity contribution is -0.199. The molecule has 0 aromatic heterocycles. The smallest absolute Gasteiger partial charge is 0.403 e. The Hall–Kier alpha value is -5.12. The Morgan fingerprint density at radius 1 is 0.812 bits per heavy atom. The van der Waals surface area contributed by atoms with Crippen molar-refractivity contribution in [2.75, 3.05) is 11.9 Å². The third-order valence-corrected chi connectivity index (χ3v) is 13.1. The number of primary amides is 1. The number of carbonyl (C=O) groups is 6. The van der Waals surface area contributed by atoms with Crippen LogP contribution < -0.4 is 54.8 Å². The Morgan fingerprint density at radius 3 is 2.05 bits per heavy atom. The molecule has 350 valence electrons. The number of amides is 7. The normalized spacial score (nSPS) is 23.4. The van der Waals surface area contributed by atoms with Crippen molar-refractivity contribution in [3.05, 3.63) is 54.1 Å². The summed E-state index contributed by atoms with van der Waals surface area (Å²) in [6.07, 6.45) is 2.00. The monoisotopic (exact) mass is 891 g/mol. The number of urea groups is 1. The first-order chi connectivity index (χ1) is 30.3. The van der Waals surface area contributed by atoms with Gasteiger partial charge in [-0.15, -0.1) is 0 Å². The highest BCUT2D eigenvalue weighted by molar-refractivity contribution is 6.47. The van der Waals surface area contributed by atoms with Gasteiger partial charge in [0.15, 0.2) is 6.17 Å². The highest BCUT2D eigenvalue weighted by Gasteiger charge is 2.68. The van der Waals surface area contributed by atoms with Gasteiger partial charge in [-0.1, -0.05) is 63.6 Å². The maximum Gasteiger partial charge on any atom is 0.497 e. The Labute approximate surface area is 375 Å². The van der Waals surface area contributed by atoms with Gasteiger partial charge in [0.1, 0.15) is 24.2 Å². The number of nitrogens with two attached hydrogens (primary N) is 4. The summed E-state index contributed by atoms with van der Waals surface area (Å²) in [5.41, 5.74) is 26.6. The number of anilines is 1. The third-order valence-electron chi connectivity index (χ3n) is 13.1. The van der Waals surface area contributed by atoms with E-state index < -0.39 is 91.2 Å². The van der Waals surface area contributed by atoms with Crippen molar-refractivity contribution < 1.29 is 43.2 Å². The summed E-state index contributed by atoms with van der Waals surface area (Å²) in [5, 5.41) is 25.4. The molecule has 2 aromatic carbocycles. The van der Waals surface area contributed by atoms with Crippen LogP contribution in [0, 0.1) is 17.3 Å². The third kappa shape index (κ3) is 12.2. The Morgan fingerprint density at radius 2 is 1.45 bits per heavy atom. The van der Waals surface area contributed by atoms with Crippen LogP contribution >= 0.6 is 0 Å². The maximum absolute atomic E-state index is 13.6. The van der Waals surface area contributed by atoms with Crippen LogP contribution in [0.1, 0.15) is 91.5 Å². The van der Waals surface area contributed by atoms with Crippen LogP contribution in [0.25, 0.3) is 11.1 Å². The van der Waals surface area contributed by atoms with Crippen LogP contribution in [0.4, 0.5) is 10.5 Å². The molecule has 19 nitrogen and oxygen atoms in total. The molecule has 1 saturated heterocycles. The van der Waals surface area contributed by atoms with Crippen molar-refractivity contribution in [3.8, 4) is 11.1 Å². The molecule has 15 N–H and O–H groups in total. The minimum absolute atomic E-state index is 0.0709. The van der Waals surface area contributed by atoms with E-state index in [1.165, 1.54) is 12.5 Å². The fourth-order valence-electron chi connectivity index (χ4n) is 9.10. The zero-order chi connectivity index (χ0) is 46.9. The molecule has 2 bridgehead atoms. The summed E-state index contributed by atoms with van der Waals surface area (Å²) in [4.78, 5) is 78.7. The van der Waals surface area contributed by atoms with Gasteiger partial charge in [0.2, 0.25) is 23.6 Å². The molecule has 3 unspecified atom stereocenters. The topological polar surface area (TPSA) is 317 Å². The highest BCUT2D eigenvalue weighted by atomic mass is 16.7. The van der Waals surface area contributed by atoms with Crippen LogP contribution in [0.15, 0.2) is 48.5 Å². The van der Waals surface area contributed by atoms with Gasteiger partial charge >= 0.3 is 13.1 Å². The van der Waals surface area contributed by atoms with Gasteiger partial charge in [0, 0.05) is 5.69 Å². The van der Waals surface area contributed by atoms with Crippen molar-refractivity contribution in [2.24, 2.45) is 40.2 Å². The number of benzene rings is 2. The standard InChI is InChI=1S/C44H67BN10O9/c1-6-7-10-25-12-14-26(15-13-25)27-16-18-29(19-17-27)50-42(62)52-30(11-8-9-20-46)37(58)53-35(24(2)56)39(60)54-36(48)40(61)51-31(23-34(47)57)38(59)55-41(49)45-63-33-22-28-21-32(43(28,3)4)44(33,5)64-45/h12-19,24,28,30-33,35-36,41,56H,6-11,20-23,46,48-49H2,1-5H3,(H2,47,57)(H,51,61)(H,53,58)(H,54,60)(H,55,59)(H2,50,52,62)/t24?,28-,30-,31?,32-,33?,35-,36+,41+,44-/m0/s1. The van der Waals surface area contributed by atoms with Gasteiger partial charge in [-0.05, 0) is 111 Å². The first kappa shape index (κ1) is 49.9. The first-order valence-electron chi connectivity index (χ1n) is 22.3. The highest BCUT2D eigenvalue weighted by Crippen LogP contribution is 2.65. The van der Waals surface area contributed by atoms with Crippen LogP contribution in [0.3, 0.4) is 0 Å². The second-order valence-corrected chi connectivity index (χ2v) is 18.1. The predicted octanol–water partition coefficient (Wildman–Crippen LogP) is 0.611. The SMILES string of the molecule is CCCCc1ccc(-c2ccc(NC(=O)N[C@@H](CCCCN)C(=O)N[C@H](C(=O)N[C@@H](N)C(=O)NC(CC(N)=O)C(=O)N[C@@H](N)B3OC4C[C@@H]5C[C@@H](C5(C)C)[C@]4(C)O3)C(C)O)cc2)cc1. The zero-order valence-corrected chi connectivity index (χ0v) is 37.5. The van der Waals surface area contributed by atoms with Crippen molar-refractivity contribution in [2.45, 2.75) is 141 Å². The molecule has 1 aliphatic heterocycles. The lowest BCUT2D eigenvalue weighted by atomic mass is 9.43. The van der Waals surface area contributed by atoms with E-state index in [9.17, 15) is 33.9 Å². The molecule has 0 radical (unpaired) electrons. The fraction of sp³-hybridized carbons (Fsp3) is 0.591. The van der Waals surface area contributed by atoms with Crippen molar-refractivity contribution >= 4 is 48.4 Å². The van der Waals surface area contributed by atoms with Gasteiger partial charge in [0.25, 0.3) is 5.91 Å². The van der Waals surface area contributed by atoms with Crippen molar-refractivity contribution in [3.63, 3.8) is 0 Å². The summed E-state index contributed by atoms with van der Waals surface area (Å²) < 4.78 is 12.5. The number of unbranched alkanes of at least 4 members (excludes halogenated alkanes) is 2. The van der Waals surface area contributed by atoms with E-state index in [1.807, 2.05) is 19.1 Å². The minimum Gasteiger partial charge on any atom is -0.403 e. The molecule has 4 fully saturated rings. The fourth-order valence-corrected chi connectivity index (χ4v) is 9.10. The summed E-state index contributed by atoms with van der Waals surface area (Å²) in [6, 6.07) is 9.32. The molecule has 3 aliphatic carbocycles. The lowest BCUT2D eigenvalue weighted by Gasteiger charge is -2.64. The number of hydrogen-bond acceptors (Lipinski definition) is 12. The second kappa shape index (κ2) is 21.7. The molecule has 2 aromatic rings. The molecule has 10 atom stereocenters. The molecule has 1 heterocycles. The number of carbonyl (C=O) groups excluding carboxylic acids is 6. The van der Waals surface area contributed by atoms with Crippen LogP contribution in [-0.2, 0) is 39.7 Å². The molecule has 64 heavy (non-hydrogen) atoms. The predicted molar refractivity (Wildman–Crippen MR) is 241 cm³/mol. The van der Waals surface area contributed by atoms with Crippen LogP contribution in [0.2, 0.25) is 0 Å². The Bertz CT molecular complexity index is 1970. The number of aliphatic hydroxyl groups excluding tert-OH is 1. The average molecular weight is 891 g/mol. The van der Waals surface area contributed by atoms with Gasteiger partial charge in [-0.2, -0.15) is 0 Å². The number of aryl methyl sites for hydroxylation is 1. The first-order valence-corrected chi connectivity index (χ1v) is 22.3. The molecule has 0 spiro atoms. The number of aliphatic hydroxyl groups is 1. The number of rotatable bonds is 22. The quantitative estimate of drug-likeness (QED) is 0.0440. The molecule has 6 rings (SSSR count). The van der Waals surface area contributed by atoms with E-state index in [1.54, 1.807) is 12.1 Å². The van der Waals surface area contributed by atoms with Gasteiger partial charge < -0.3 is 69.3 Å². The molecular formula is C44H67BN10O9. The lowest BCUT2D eigenvalue weighted by Crippen LogP contribution is -2.65. The van der Waals surface area contributed by atoms with Crippen LogP contribution in [-0.4, -0.2) is 103 Å². The summed E-state index contributed by atoms with van der Waals surface area (Å²) in [6.45, 7) is 10.1. The second-order valence-electron chi connectivity index (χ2n) is 18.1. The van der Waals surface area contributed by atoms with Crippen molar-refractivity contribution in [1.29, 1.82) is 0 Å². The van der Waals surface area contributed by atoms with E-state index in [4.69, 9.17) is 32.2 Å². The molecule has 4 aliphatic rings. The zero-order valence-electron chi connectivity index (χ0n) is 37.5. The van der Waals surface area contributed by atoms with E-state index in [0.717, 1.165) is 43.2 Å². The summed E-state index contributed by atoms with van der Waals surface area (Å²) >= 11 is 0. The van der Waals surface area contributed by atoms with E-state index >= 15 is 0 Å². The molecular weight excluding hydrogens is 823 g/mol. The van der Waals surface area contributed by atoms with E-state index in [0.29, 0.717) is 31.0 Å². The largest absolute Gasteiger partial charge is 0.497 e. The number of hydrogen-bond donors (Lipinski definition) is 11. The number of nitrogens with one attached hydrogen (secondary N) is 6. The average Bonchev–Trinajstić information content (AvgIpc) is 3.62. The van der Waals surface area contributed by atoms with E-state index in [2.05, 4.69) is 76.9 Å². The summed E-state index contributed by atoms with van der Waals surface area (Å²) in [7, 11) is -1.00. The van der Waals surface area contributed by atoms with Crippen LogP contribution in [0.5, 0.6) is 0 Å². The Kier molecular flexibility index (Phi) is 16.9. The van der Waals surface area contributed by atoms with Crippen molar-refractivity contribution in [1.82, 2.24) is 26.6 Å². The van der Waals surface area contributed by atoms with Gasteiger partial charge in [-0.25, -0.2) is 4.79 Å². The molecule has 20 heteroatoms. The van der Waals surface area contributed by atoms with E-state index in [-0.39, 0.29) is 23.9 Å². The summed E-state index contributed by atoms with van der Waals surface area (Å²) in [5.74, 6) is -4.06. The van der Waals surface area contributed by atoms with Gasteiger partial charge in [-0.3, -0.25) is 24.0 Å². The Balaban J connectivity index is 1.14. The maximum atomic E-state index is 13.6. The van der Waals surface area contributed by atoms with Gasteiger partial charge in [0.05, 0.1) is 24.2 Å². The molecule has 3 saturated carbocycles. The molecule has 7 amide bonds.